The fraction of sp³-hybridized carbons (Fsp3) is 0.333. The van der Waals surface area contributed by atoms with Gasteiger partial charge in [0.25, 0.3) is 5.69 Å². The van der Waals surface area contributed by atoms with Crippen LogP contribution >= 0.6 is 35.1 Å². The lowest BCUT2D eigenvalue weighted by Crippen LogP contribution is -2.03. The third-order valence-electron chi connectivity index (χ3n) is 2.49. The van der Waals surface area contributed by atoms with Crippen molar-refractivity contribution in [2.75, 3.05) is 11.5 Å². The molecule has 1 aliphatic rings. The van der Waals surface area contributed by atoms with Gasteiger partial charge in [0.2, 0.25) is 0 Å². The van der Waals surface area contributed by atoms with Crippen LogP contribution in [-0.2, 0) is 0 Å². The Morgan fingerprint density at radius 1 is 1.33 bits per heavy atom. The van der Waals surface area contributed by atoms with Crippen LogP contribution in [0.4, 0.5) is 5.69 Å². The molecule has 0 saturated carbocycles. The van der Waals surface area contributed by atoms with Crippen molar-refractivity contribution < 1.29 is 4.92 Å². The van der Waals surface area contributed by atoms with Gasteiger partial charge in [-0.25, -0.2) is 0 Å². The highest BCUT2D eigenvalue weighted by Crippen LogP contribution is 2.34. The Morgan fingerprint density at radius 2 is 1.94 bits per heavy atom. The minimum Gasteiger partial charge on any atom is -0.258 e. The topological polar surface area (TPSA) is 43.1 Å². The molecule has 0 bridgehead atoms. The van der Waals surface area contributed by atoms with E-state index in [-0.39, 0.29) is 5.69 Å². The maximum Gasteiger partial charge on any atom is 0.269 e. The van der Waals surface area contributed by atoms with Crippen LogP contribution in [0.2, 0.25) is 0 Å². The van der Waals surface area contributed by atoms with Gasteiger partial charge in [-0.15, -0.1) is 23.5 Å². The molecule has 6 heteroatoms. The van der Waals surface area contributed by atoms with Gasteiger partial charge in [0, 0.05) is 17.2 Å². The van der Waals surface area contributed by atoms with E-state index in [1.54, 1.807) is 12.1 Å². The monoisotopic (exact) mass is 301 g/mol. The van der Waals surface area contributed by atoms with Gasteiger partial charge in [0.15, 0.2) is 0 Å². The molecule has 1 heterocycles. The zero-order chi connectivity index (χ0) is 13.0. The molecule has 0 aromatic heterocycles. The van der Waals surface area contributed by atoms with Crippen LogP contribution < -0.4 is 0 Å². The summed E-state index contributed by atoms with van der Waals surface area (Å²) in [6, 6.07) is 6.34. The zero-order valence-corrected chi connectivity index (χ0v) is 11.9. The number of halogens is 1. The third-order valence-corrected chi connectivity index (χ3v) is 5.63. The average molecular weight is 302 g/mol. The summed E-state index contributed by atoms with van der Waals surface area (Å²) in [5.74, 6) is 2.33. The van der Waals surface area contributed by atoms with Crippen molar-refractivity contribution >= 4 is 45.8 Å². The lowest BCUT2D eigenvalue weighted by Gasteiger charge is -2.17. The predicted molar refractivity (Wildman–Crippen MR) is 80.2 cm³/mol. The SMILES string of the molecule is O=[N+]([O-])c1ccc(C(Cl)=CC2SCCCS2)cc1. The standard InChI is InChI=1S/C12H12ClNO2S2/c13-11(8-12-17-6-1-7-18-12)9-2-4-10(5-3-9)14(15)16/h2-5,8,12H,1,6-7H2. The summed E-state index contributed by atoms with van der Waals surface area (Å²) in [4.78, 5) is 10.1. The number of nitro groups is 1. The highest BCUT2D eigenvalue weighted by Gasteiger charge is 2.13. The molecule has 0 amide bonds. The summed E-state index contributed by atoms with van der Waals surface area (Å²) in [6.07, 6.45) is 3.27. The van der Waals surface area contributed by atoms with Gasteiger partial charge in [-0.2, -0.15) is 0 Å². The van der Waals surface area contributed by atoms with Crippen LogP contribution in [0.15, 0.2) is 30.3 Å². The number of benzene rings is 1. The van der Waals surface area contributed by atoms with Crippen molar-refractivity contribution in [2.24, 2.45) is 0 Å². The van der Waals surface area contributed by atoms with E-state index in [9.17, 15) is 10.1 Å². The highest BCUT2D eigenvalue weighted by atomic mass is 35.5. The van der Waals surface area contributed by atoms with Crippen LogP contribution in [0.25, 0.3) is 5.03 Å². The molecular formula is C12H12ClNO2S2. The number of nitro benzene ring substituents is 1. The van der Waals surface area contributed by atoms with Crippen LogP contribution in [0.5, 0.6) is 0 Å². The maximum atomic E-state index is 10.6. The average Bonchev–Trinajstić information content (AvgIpc) is 2.40. The molecular weight excluding hydrogens is 290 g/mol. The van der Waals surface area contributed by atoms with Crippen molar-refractivity contribution in [3.05, 3.63) is 46.0 Å². The van der Waals surface area contributed by atoms with Crippen LogP contribution in [0.3, 0.4) is 0 Å². The first-order valence-electron chi connectivity index (χ1n) is 5.52. The van der Waals surface area contributed by atoms with Crippen molar-refractivity contribution in [2.45, 2.75) is 11.0 Å². The van der Waals surface area contributed by atoms with Crippen molar-refractivity contribution in [3.8, 4) is 0 Å². The Morgan fingerprint density at radius 3 is 2.50 bits per heavy atom. The Bertz CT molecular complexity index is 456. The van der Waals surface area contributed by atoms with E-state index in [2.05, 4.69) is 0 Å². The fourth-order valence-electron chi connectivity index (χ4n) is 1.56. The molecule has 1 aromatic rings. The molecule has 2 rings (SSSR count). The first kappa shape index (κ1) is 13.8. The third kappa shape index (κ3) is 3.67. The summed E-state index contributed by atoms with van der Waals surface area (Å²) in [5, 5.41) is 11.2. The fourth-order valence-corrected chi connectivity index (χ4v) is 4.66. The number of nitrogens with zero attached hydrogens (tertiary/aromatic N) is 1. The number of hydrogen-bond acceptors (Lipinski definition) is 4. The molecule has 0 radical (unpaired) electrons. The molecule has 0 aliphatic carbocycles. The van der Waals surface area contributed by atoms with Crippen molar-refractivity contribution in [3.63, 3.8) is 0 Å². The molecule has 0 spiro atoms. The Balaban J connectivity index is 2.09. The number of rotatable bonds is 3. The minimum atomic E-state index is -0.408. The number of hydrogen-bond donors (Lipinski definition) is 0. The second kappa shape index (κ2) is 6.50. The molecule has 3 nitrogen and oxygen atoms in total. The summed E-state index contributed by atoms with van der Waals surface area (Å²) in [5.41, 5.74) is 0.915. The van der Waals surface area contributed by atoms with Crippen LogP contribution in [0, 0.1) is 10.1 Å². The summed E-state index contributed by atoms with van der Waals surface area (Å²) < 4.78 is 0.390. The molecule has 1 fully saturated rings. The van der Waals surface area contributed by atoms with E-state index in [4.69, 9.17) is 11.6 Å². The van der Waals surface area contributed by atoms with E-state index in [0.717, 1.165) is 5.56 Å². The van der Waals surface area contributed by atoms with E-state index < -0.39 is 4.92 Å². The second-order valence-electron chi connectivity index (χ2n) is 3.78. The first-order chi connectivity index (χ1) is 8.66. The largest absolute Gasteiger partial charge is 0.269 e. The molecule has 1 aromatic carbocycles. The van der Waals surface area contributed by atoms with Crippen LogP contribution in [-0.4, -0.2) is 21.0 Å². The Hall–Kier alpha value is -0.650. The van der Waals surface area contributed by atoms with Gasteiger partial charge in [0.05, 0.1) is 9.51 Å². The van der Waals surface area contributed by atoms with Crippen LogP contribution in [0.1, 0.15) is 12.0 Å². The van der Waals surface area contributed by atoms with E-state index in [1.807, 2.05) is 29.6 Å². The Kier molecular flexibility index (Phi) is 4.97. The van der Waals surface area contributed by atoms with Gasteiger partial charge in [-0.05, 0) is 41.7 Å². The molecule has 1 saturated heterocycles. The van der Waals surface area contributed by atoms with Gasteiger partial charge in [-0.3, -0.25) is 10.1 Å². The second-order valence-corrected chi connectivity index (χ2v) is 6.99. The molecule has 18 heavy (non-hydrogen) atoms. The molecule has 0 atom stereocenters. The van der Waals surface area contributed by atoms with Gasteiger partial charge < -0.3 is 0 Å². The lowest BCUT2D eigenvalue weighted by molar-refractivity contribution is -0.384. The summed E-state index contributed by atoms with van der Waals surface area (Å²) >= 11 is 10.0. The minimum absolute atomic E-state index is 0.0876. The molecule has 1 aliphatic heterocycles. The van der Waals surface area contributed by atoms with Gasteiger partial charge >= 0.3 is 0 Å². The number of thioether (sulfide) groups is 2. The zero-order valence-electron chi connectivity index (χ0n) is 9.54. The van der Waals surface area contributed by atoms with E-state index in [1.165, 1.54) is 30.1 Å². The smallest absolute Gasteiger partial charge is 0.258 e. The molecule has 0 N–H and O–H groups in total. The number of non-ortho nitro benzene ring substituents is 1. The summed E-state index contributed by atoms with van der Waals surface area (Å²) in [7, 11) is 0. The normalized spacial score (nSPS) is 17.7. The van der Waals surface area contributed by atoms with Crippen molar-refractivity contribution in [1.29, 1.82) is 0 Å². The molecule has 96 valence electrons. The van der Waals surface area contributed by atoms with Gasteiger partial charge in [0.1, 0.15) is 0 Å². The maximum absolute atomic E-state index is 10.6. The predicted octanol–water partition coefficient (Wildman–Crippen LogP) is 4.37. The first-order valence-corrected chi connectivity index (χ1v) is 8.00. The van der Waals surface area contributed by atoms with E-state index in [0.29, 0.717) is 9.61 Å². The quantitative estimate of drug-likeness (QED) is 0.614. The molecule has 0 unspecified atom stereocenters. The lowest BCUT2D eigenvalue weighted by atomic mass is 10.2. The van der Waals surface area contributed by atoms with Gasteiger partial charge in [-0.1, -0.05) is 11.6 Å². The highest BCUT2D eigenvalue weighted by molar-refractivity contribution is 8.17. The summed E-state index contributed by atoms with van der Waals surface area (Å²) in [6.45, 7) is 0. The van der Waals surface area contributed by atoms with Crippen molar-refractivity contribution in [1.82, 2.24) is 0 Å². The Labute approximate surface area is 119 Å². The van der Waals surface area contributed by atoms with E-state index >= 15 is 0 Å².